The Bertz CT molecular complexity index is 702. The fraction of sp³-hybridized carbons (Fsp3) is 0.176. The maximum Gasteiger partial charge on any atom is 0.253 e. The predicted molar refractivity (Wildman–Crippen MR) is 91.7 cm³/mol. The minimum Gasteiger partial charge on any atom is -0.350 e. The topological polar surface area (TPSA) is 58.2 Å². The van der Waals surface area contributed by atoms with E-state index in [0.29, 0.717) is 22.2 Å². The summed E-state index contributed by atoms with van der Waals surface area (Å²) in [5.74, 6) is -0.662. The molecule has 0 heterocycles. The molecule has 0 aliphatic heterocycles. The summed E-state index contributed by atoms with van der Waals surface area (Å²) >= 11 is 11.8. The fourth-order valence-electron chi connectivity index (χ4n) is 1.93. The number of hydrogen-bond donors (Lipinski definition) is 2. The first-order valence-electron chi connectivity index (χ1n) is 7.05. The summed E-state index contributed by atoms with van der Waals surface area (Å²) < 4.78 is 0. The van der Waals surface area contributed by atoms with Crippen LogP contribution in [0.4, 0.5) is 0 Å². The quantitative estimate of drug-likeness (QED) is 0.867. The van der Waals surface area contributed by atoms with Gasteiger partial charge in [0.1, 0.15) is 6.04 Å². The highest BCUT2D eigenvalue weighted by Gasteiger charge is 2.17. The van der Waals surface area contributed by atoms with Gasteiger partial charge in [0.05, 0.1) is 10.6 Å². The van der Waals surface area contributed by atoms with Crippen LogP contribution in [0.2, 0.25) is 10.0 Å². The first kappa shape index (κ1) is 17.3. The molecule has 2 aromatic carbocycles. The standard InChI is InChI=1S/C17H16Cl2N2O2/c1-11(21-17(23)14-4-2-3-5-15(14)19)16(22)20-10-12-6-8-13(18)9-7-12/h2-9,11H,10H2,1H3,(H,20,22)(H,21,23)/t11-/m0/s1. The lowest BCUT2D eigenvalue weighted by Gasteiger charge is -2.14. The molecule has 0 saturated heterocycles. The fourth-order valence-corrected chi connectivity index (χ4v) is 2.28. The summed E-state index contributed by atoms with van der Waals surface area (Å²) in [5.41, 5.74) is 1.26. The van der Waals surface area contributed by atoms with E-state index in [-0.39, 0.29) is 11.8 Å². The van der Waals surface area contributed by atoms with E-state index < -0.39 is 6.04 Å². The van der Waals surface area contributed by atoms with E-state index in [1.165, 1.54) is 0 Å². The maximum absolute atomic E-state index is 12.1. The van der Waals surface area contributed by atoms with Crippen LogP contribution in [0.1, 0.15) is 22.8 Å². The van der Waals surface area contributed by atoms with Crippen LogP contribution in [0.3, 0.4) is 0 Å². The molecule has 0 radical (unpaired) electrons. The van der Waals surface area contributed by atoms with E-state index in [0.717, 1.165) is 5.56 Å². The largest absolute Gasteiger partial charge is 0.350 e. The van der Waals surface area contributed by atoms with Gasteiger partial charge >= 0.3 is 0 Å². The minimum absolute atomic E-state index is 0.277. The maximum atomic E-state index is 12.1. The molecular weight excluding hydrogens is 335 g/mol. The molecule has 0 fully saturated rings. The third kappa shape index (κ3) is 4.98. The van der Waals surface area contributed by atoms with Gasteiger partial charge in [-0.05, 0) is 36.8 Å². The second-order valence-corrected chi connectivity index (χ2v) is 5.86. The van der Waals surface area contributed by atoms with Crippen LogP contribution in [0, 0.1) is 0 Å². The molecule has 0 saturated carbocycles. The summed E-state index contributed by atoms with van der Waals surface area (Å²) in [6.45, 7) is 1.98. The van der Waals surface area contributed by atoms with Gasteiger partial charge in [-0.1, -0.05) is 47.5 Å². The number of hydrogen-bond acceptors (Lipinski definition) is 2. The Balaban J connectivity index is 1.88. The highest BCUT2D eigenvalue weighted by molar-refractivity contribution is 6.33. The number of benzene rings is 2. The van der Waals surface area contributed by atoms with E-state index >= 15 is 0 Å². The smallest absolute Gasteiger partial charge is 0.253 e. The molecule has 0 bridgehead atoms. The number of carbonyl (C=O) groups excluding carboxylic acids is 2. The molecule has 0 aliphatic rings. The molecule has 23 heavy (non-hydrogen) atoms. The van der Waals surface area contributed by atoms with Crippen LogP contribution < -0.4 is 10.6 Å². The number of rotatable bonds is 5. The van der Waals surface area contributed by atoms with Crippen LogP contribution in [0.25, 0.3) is 0 Å². The molecule has 4 nitrogen and oxygen atoms in total. The Labute approximate surface area is 144 Å². The Hall–Kier alpha value is -2.04. The molecule has 2 N–H and O–H groups in total. The van der Waals surface area contributed by atoms with Gasteiger partial charge in [-0.15, -0.1) is 0 Å². The number of nitrogens with one attached hydrogen (secondary N) is 2. The van der Waals surface area contributed by atoms with Gasteiger partial charge < -0.3 is 10.6 Å². The third-order valence-corrected chi connectivity index (χ3v) is 3.82. The monoisotopic (exact) mass is 350 g/mol. The van der Waals surface area contributed by atoms with Gasteiger partial charge in [-0.3, -0.25) is 9.59 Å². The van der Waals surface area contributed by atoms with E-state index in [9.17, 15) is 9.59 Å². The van der Waals surface area contributed by atoms with Crippen molar-refractivity contribution in [2.75, 3.05) is 0 Å². The lowest BCUT2D eigenvalue weighted by Crippen LogP contribution is -2.44. The Morgan fingerprint density at radius 2 is 1.70 bits per heavy atom. The molecule has 120 valence electrons. The van der Waals surface area contributed by atoms with Crippen molar-refractivity contribution in [2.45, 2.75) is 19.5 Å². The SMILES string of the molecule is C[C@H](NC(=O)c1ccccc1Cl)C(=O)NCc1ccc(Cl)cc1. The molecule has 2 aromatic rings. The normalized spacial score (nSPS) is 11.6. The molecular formula is C17H16Cl2N2O2. The van der Waals surface area contributed by atoms with Crippen LogP contribution >= 0.6 is 23.2 Å². The molecule has 0 spiro atoms. The zero-order valence-electron chi connectivity index (χ0n) is 12.5. The van der Waals surface area contributed by atoms with Crippen molar-refractivity contribution in [2.24, 2.45) is 0 Å². The van der Waals surface area contributed by atoms with Gasteiger partial charge in [0.15, 0.2) is 0 Å². The van der Waals surface area contributed by atoms with E-state index in [1.54, 1.807) is 43.3 Å². The van der Waals surface area contributed by atoms with Crippen LogP contribution in [0.15, 0.2) is 48.5 Å². The van der Waals surface area contributed by atoms with Crippen LogP contribution in [-0.4, -0.2) is 17.9 Å². The van der Waals surface area contributed by atoms with Crippen molar-refractivity contribution in [3.63, 3.8) is 0 Å². The number of amides is 2. The third-order valence-electron chi connectivity index (χ3n) is 3.24. The minimum atomic E-state index is -0.675. The molecule has 0 aliphatic carbocycles. The molecule has 2 rings (SSSR count). The second kappa shape index (κ2) is 7.99. The first-order chi connectivity index (χ1) is 11.0. The zero-order chi connectivity index (χ0) is 16.8. The van der Waals surface area contributed by atoms with E-state index in [1.807, 2.05) is 12.1 Å². The summed E-state index contributed by atoms with van der Waals surface area (Å²) in [5, 5.41) is 6.37. The highest BCUT2D eigenvalue weighted by atomic mass is 35.5. The van der Waals surface area contributed by atoms with Crippen molar-refractivity contribution in [3.8, 4) is 0 Å². The molecule has 6 heteroatoms. The van der Waals surface area contributed by atoms with E-state index in [2.05, 4.69) is 10.6 Å². The van der Waals surface area contributed by atoms with Crippen LogP contribution in [-0.2, 0) is 11.3 Å². The van der Waals surface area contributed by atoms with Crippen molar-refractivity contribution in [1.29, 1.82) is 0 Å². The van der Waals surface area contributed by atoms with Crippen molar-refractivity contribution >= 4 is 35.0 Å². The first-order valence-corrected chi connectivity index (χ1v) is 7.80. The Kier molecular flexibility index (Phi) is 6.02. The van der Waals surface area contributed by atoms with Crippen LogP contribution in [0.5, 0.6) is 0 Å². The van der Waals surface area contributed by atoms with Crippen molar-refractivity contribution in [1.82, 2.24) is 10.6 Å². The summed E-state index contributed by atoms with van der Waals surface area (Å²) in [4.78, 5) is 24.2. The molecule has 1 atom stereocenters. The average Bonchev–Trinajstić information content (AvgIpc) is 2.54. The highest BCUT2D eigenvalue weighted by Crippen LogP contribution is 2.14. The molecule has 0 unspecified atom stereocenters. The van der Waals surface area contributed by atoms with Gasteiger partial charge in [0.25, 0.3) is 5.91 Å². The van der Waals surface area contributed by atoms with Gasteiger partial charge in [0.2, 0.25) is 5.91 Å². The van der Waals surface area contributed by atoms with Gasteiger partial charge in [-0.25, -0.2) is 0 Å². The summed E-state index contributed by atoms with van der Waals surface area (Å²) in [6, 6.07) is 13.2. The van der Waals surface area contributed by atoms with E-state index in [4.69, 9.17) is 23.2 Å². The lowest BCUT2D eigenvalue weighted by atomic mass is 10.2. The summed E-state index contributed by atoms with van der Waals surface area (Å²) in [7, 11) is 0. The Morgan fingerprint density at radius 1 is 1.04 bits per heavy atom. The molecule has 0 aromatic heterocycles. The average molecular weight is 351 g/mol. The van der Waals surface area contributed by atoms with Gasteiger partial charge in [0, 0.05) is 11.6 Å². The van der Waals surface area contributed by atoms with Gasteiger partial charge in [-0.2, -0.15) is 0 Å². The number of carbonyl (C=O) groups is 2. The number of halogens is 2. The van der Waals surface area contributed by atoms with Crippen molar-refractivity contribution < 1.29 is 9.59 Å². The lowest BCUT2D eigenvalue weighted by molar-refractivity contribution is -0.122. The zero-order valence-corrected chi connectivity index (χ0v) is 14.0. The van der Waals surface area contributed by atoms with Crippen molar-refractivity contribution in [3.05, 3.63) is 69.7 Å². The molecule has 2 amide bonds. The Morgan fingerprint density at radius 3 is 2.35 bits per heavy atom. The second-order valence-electron chi connectivity index (χ2n) is 5.02. The summed E-state index contributed by atoms with van der Waals surface area (Å²) in [6.07, 6.45) is 0. The predicted octanol–water partition coefficient (Wildman–Crippen LogP) is 3.43.